The first-order valence-electron chi connectivity index (χ1n) is 17.2. The number of amides is 4. The standard InChI is InChI=1S/C40H54N4O5/c1-27(2)21-34(39(49)43-33(37(41)47)24-30-19-13-8-14-20-30)44-38(48)31(22-28-15-9-6-10-16-28)25-35(45)32(23-29-17-11-7-12-18-29)42-36(46)26-40(3,4)5/h6-20,27,31-35,45H,21-26H2,1-5H3,(H2,41,47)(H,42,46)(H,43,49)(H,44,48)/t31-,32+,33+,34+,35+/m1/s1. The number of primary amides is 1. The van der Waals surface area contributed by atoms with E-state index in [1.807, 2.05) is 126 Å². The van der Waals surface area contributed by atoms with E-state index in [1.165, 1.54) is 0 Å². The number of carbonyl (C=O) groups excluding carboxylic acids is 4. The molecular formula is C40H54N4O5. The number of carbonyl (C=O) groups is 4. The van der Waals surface area contributed by atoms with Gasteiger partial charge in [-0.1, -0.05) is 126 Å². The van der Waals surface area contributed by atoms with Gasteiger partial charge in [-0.25, -0.2) is 0 Å². The van der Waals surface area contributed by atoms with Gasteiger partial charge in [0.2, 0.25) is 23.6 Å². The maximum Gasteiger partial charge on any atom is 0.243 e. The zero-order valence-electron chi connectivity index (χ0n) is 29.5. The van der Waals surface area contributed by atoms with Crippen LogP contribution in [0.2, 0.25) is 0 Å². The highest BCUT2D eigenvalue weighted by Crippen LogP contribution is 2.22. The average Bonchev–Trinajstić information content (AvgIpc) is 3.03. The van der Waals surface area contributed by atoms with Crippen LogP contribution in [0.4, 0.5) is 0 Å². The van der Waals surface area contributed by atoms with Crippen LogP contribution >= 0.6 is 0 Å². The number of aliphatic hydroxyl groups excluding tert-OH is 1. The van der Waals surface area contributed by atoms with Gasteiger partial charge < -0.3 is 26.8 Å². The van der Waals surface area contributed by atoms with Crippen LogP contribution in [0.15, 0.2) is 91.0 Å². The topological polar surface area (TPSA) is 151 Å². The van der Waals surface area contributed by atoms with Crippen molar-refractivity contribution < 1.29 is 24.3 Å². The molecule has 0 aliphatic heterocycles. The van der Waals surface area contributed by atoms with Gasteiger partial charge in [-0.15, -0.1) is 0 Å². The minimum atomic E-state index is -1.06. The van der Waals surface area contributed by atoms with E-state index >= 15 is 0 Å². The van der Waals surface area contributed by atoms with E-state index in [9.17, 15) is 24.3 Å². The molecule has 0 saturated heterocycles. The molecule has 3 aromatic rings. The molecule has 49 heavy (non-hydrogen) atoms. The Morgan fingerprint density at radius 1 is 0.653 bits per heavy atom. The quantitative estimate of drug-likeness (QED) is 0.135. The molecule has 9 nitrogen and oxygen atoms in total. The van der Waals surface area contributed by atoms with Gasteiger partial charge in [-0.2, -0.15) is 0 Å². The molecular weight excluding hydrogens is 616 g/mol. The molecule has 0 aromatic heterocycles. The van der Waals surface area contributed by atoms with Crippen molar-refractivity contribution in [3.05, 3.63) is 108 Å². The molecule has 0 radical (unpaired) electrons. The number of hydrogen-bond acceptors (Lipinski definition) is 5. The average molecular weight is 671 g/mol. The molecule has 264 valence electrons. The lowest BCUT2D eigenvalue weighted by Crippen LogP contribution is -2.55. The summed E-state index contributed by atoms with van der Waals surface area (Å²) in [6, 6.07) is 25.8. The molecule has 5 atom stereocenters. The predicted octanol–water partition coefficient (Wildman–Crippen LogP) is 4.50. The number of aliphatic hydroxyl groups is 1. The molecule has 6 N–H and O–H groups in total. The Hall–Kier alpha value is -4.50. The molecule has 0 heterocycles. The minimum Gasteiger partial charge on any atom is -0.391 e. The zero-order valence-corrected chi connectivity index (χ0v) is 29.5. The molecule has 4 amide bonds. The second kappa shape index (κ2) is 18.9. The number of rotatable bonds is 18. The predicted molar refractivity (Wildman–Crippen MR) is 193 cm³/mol. The first-order valence-corrected chi connectivity index (χ1v) is 17.2. The maximum absolute atomic E-state index is 14.1. The summed E-state index contributed by atoms with van der Waals surface area (Å²) < 4.78 is 0. The maximum atomic E-state index is 14.1. The summed E-state index contributed by atoms with van der Waals surface area (Å²) in [6.07, 6.45) is 0.498. The molecule has 9 heteroatoms. The van der Waals surface area contributed by atoms with Crippen molar-refractivity contribution in [1.29, 1.82) is 0 Å². The van der Waals surface area contributed by atoms with Gasteiger partial charge in [0.1, 0.15) is 12.1 Å². The highest BCUT2D eigenvalue weighted by Gasteiger charge is 2.33. The number of benzene rings is 3. The van der Waals surface area contributed by atoms with E-state index < -0.39 is 47.9 Å². The Morgan fingerprint density at radius 3 is 1.59 bits per heavy atom. The zero-order chi connectivity index (χ0) is 36.0. The Kier molecular flexibility index (Phi) is 15.0. The molecule has 0 bridgehead atoms. The highest BCUT2D eigenvalue weighted by atomic mass is 16.3. The molecule has 0 unspecified atom stereocenters. The lowest BCUT2D eigenvalue weighted by Gasteiger charge is -2.30. The molecule has 0 spiro atoms. The van der Waals surface area contributed by atoms with Gasteiger partial charge in [0, 0.05) is 18.8 Å². The van der Waals surface area contributed by atoms with Gasteiger partial charge in [0.05, 0.1) is 12.1 Å². The fourth-order valence-electron chi connectivity index (χ4n) is 5.87. The lowest BCUT2D eigenvalue weighted by molar-refractivity contribution is -0.133. The van der Waals surface area contributed by atoms with Crippen molar-refractivity contribution in [2.75, 3.05) is 0 Å². The third-order valence-corrected chi connectivity index (χ3v) is 8.30. The summed E-state index contributed by atoms with van der Waals surface area (Å²) in [4.78, 5) is 53.2. The summed E-state index contributed by atoms with van der Waals surface area (Å²) in [6.45, 7) is 9.83. The van der Waals surface area contributed by atoms with Crippen LogP contribution < -0.4 is 21.7 Å². The van der Waals surface area contributed by atoms with Crippen LogP contribution in [-0.4, -0.2) is 53.0 Å². The van der Waals surface area contributed by atoms with Crippen molar-refractivity contribution in [2.45, 2.75) is 97.4 Å². The van der Waals surface area contributed by atoms with Crippen molar-refractivity contribution in [3.63, 3.8) is 0 Å². The van der Waals surface area contributed by atoms with E-state index in [-0.39, 0.29) is 36.5 Å². The number of nitrogens with one attached hydrogen (secondary N) is 3. The van der Waals surface area contributed by atoms with Crippen molar-refractivity contribution in [2.24, 2.45) is 23.0 Å². The second-order valence-electron chi connectivity index (χ2n) is 14.6. The van der Waals surface area contributed by atoms with Gasteiger partial charge in [-0.3, -0.25) is 19.2 Å². The molecule has 3 rings (SSSR count). The van der Waals surface area contributed by atoms with Crippen LogP contribution in [0.1, 0.15) is 70.6 Å². The first-order chi connectivity index (χ1) is 23.2. The fourth-order valence-corrected chi connectivity index (χ4v) is 5.87. The first kappa shape index (κ1) is 38.9. The van der Waals surface area contributed by atoms with E-state index in [0.29, 0.717) is 19.3 Å². The van der Waals surface area contributed by atoms with Gasteiger partial charge in [-0.05, 0) is 53.7 Å². The monoisotopic (exact) mass is 670 g/mol. The highest BCUT2D eigenvalue weighted by molar-refractivity contribution is 5.92. The SMILES string of the molecule is CC(C)C[C@H](NC(=O)[C@H](Cc1ccccc1)C[C@H](O)[C@H](Cc1ccccc1)NC(=O)CC(C)(C)C)C(=O)N[C@@H](Cc1ccccc1)C(N)=O. The Labute approximate surface area is 291 Å². The minimum absolute atomic E-state index is 0.0436. The summed E-state index contributed by atoms with van der Waals surface area (Å²) in [5.41, 5.74) is 8.11. The molecule has 0 aliphatic rings. The summed E-state index contributed by atoms with van der Waals surface area (Å²) in [5.74, 6) is -2.43. The van der Waals surface area contributed by atoms with Crippen LogP contribution in [0.3, 0.4) is 0 Å². The molecule has 0 fully saturated rings. The largest absolute Gasteiger partial charge is 0.391 e. The van der Waals surface area contributed by atoms with E-state index in [1.54, 1.807) is 0 Å². The number of hydrogen-bond donors (Lipinski definition) is 5. The summed E-state index contributed by atoms with van der Waals surface area (Å²) in [7, 11) is 0. The van der Waals surface area contributed by atoms with Crippen LogP contribution in [0, 0.1) is 17.3 Å². The van der Waals surface area contributed by atoms with Crippen molar-refractivity contribution in [3.8, 4) is 0 Å². The van der Waals surface area contributed by atoms with E-state index in [2.05, 4.69) is 16.0 Å². The Balaban J connectivity index is 1.85. The molecule has 0 aliphatic carbocycles. The van der Waals surface area contributed by atoms with Crippen LogP contribution in [-0.2, 0) is 38.4 Å². The summed E-state index contributed by atoms with van der Waals surface area (Å²) in [5, 5.41) is 20.4. The second-order valence-corrected chi connectivity index (χ2v) is 14.6. The summed E-state index contributed by atoms with van der Waals surface area (Å²) >= 11 is 0. The van der Waals surface area contributed by atoms with E-state index in [0.717, 1.165) is 16.7 Å². The fraction of sp³-hybridized carbons (Fsp3) is 0.450. The van der Waals surface area contributed by atoms with Crippen LogP contribution in [0.25, 0.3) is 0 Å². The third-order valence-electron chi connectivity index (χ3n) is 8.30. The Morgan fingerprint density at radius 2 is 1.12 bits per heavy atom. The molecule has 3 aromatic carbocycles. The Bertz CT molecular complexity index is 1470. The third kappa shape index (κ3) is 14.3. The normalized spacial score (nSPS) is 14.6. The van der Waals surface area contributed by atoms with Crippen LogP contribution in [0.5, 0.6) is 0 Å². The number of nitrogens with two attached hydrogens (primary N) is 1. The van der Waals surface area contributed by atoms with Crippen molar-refractivity contribution >= 4 is 23.6 Å². The van der Waals surface area contributed by atoms with E-state index in [4.69, 9.17) is 5.73 Å². The van der Waals surface area contributed by atoms with Gasteiger partial charge in [0.25, 0.3) is 0 Å². The van der Waals surface area contributed by atoms with Gasteiger partial charge in [0.15, 0.2) is 0 Å². The molecule has 0 saturated carbocycles. The lowest BCUT2D eigenvalue weighted by atomic mass is 9.87. The van der Waals surface area contributed by atoms with Crippen molar-refractivity contribution in [1.82, 2.24) is 16.0 Å². The van der Waals surface area contributed by atoms with Gasteiger partial charge >= 0.3 is 0 Å². The smallest absolute Gasteiger partial charge is 0.243 e.